The van der Waals surface area contributed by atoms with Gasteiger partial charge >= 0.3 is 6.03 Å². The highest BCUT2D eigenvalue weighted by Gasteiger charge is 2.30. The van der Waals surface area contributed by atoms with E-state index < -0.39 is 0 Å². The molecular formula is C17H25N3O3. The molecule has 1 unspecified atom stereocenters. The molecule has 0 bridgehead atoms. The topological polar surface area (TPSA) is 62.8 Å². The van der Waals surface area contributed by atoms with Crippen molar-refractivity contribution >= 4 is 6.03 Å². The summed E-state index contributed by atoms with van der Waals surface area (Å²) in [4.78, 5) is 14.6. The van der Waals surface area contributed by atoms with E-state index in [0.717, 1.165) is 37.2 Å². The van der Waals surface area contributed by atoms with Gasteiger partial charge in [-0.2, -0.15) is 0 Å². The number of hydrogen-bond donors (Lipinski definition) is 2. The van der Waals surface area contributed by atoms with Gasteiger partial charge in [-0.25, -0.2) is 4.79 Å². The molecule has 2 amide bonds. The van der Waals surface area contributed by atoms with Crippen LogP contribution in [0.4, 0.5) is 4.79 Å². The number of amides is 2. The largest absolute Gasteiger partial charge is 0.497 e. The summed E-state index contributed by atoms with van der Waals surface area (Å²) in [6.45, 7) is 3.62. The standard InChI is InChI=1S/C17H25N3O3/c1-22-15-6-4-13(5-7-15)16-12-23-10-9-20(16)17(21)19-14-3-2-8-18-11-14/h4-7,14,16,18H,2-3,8-12H2,1H3,(H,19,21)/t14-,16?/m1/s1. The third-order valence-corrected chi connectivity index (χ3v) is 4.51. The maximum Gasteiger partial charge on any atom is 0.318 e. The molecule has 2 fully saturated rings. The zero-order chi connectivity index (χ0) is 16.1. The number of ether oxygens (including phenoxy) is 2. The molecular weight excluding hydrogens is 294 g/mol. The highest BCUT2D eigenvalue weighted by atomic mass is 16.5. The maximum atomic E-state index is 12.7. The van der Waals surface area contributed by atoms with Crippen LogP contribution in [0.15, 0.2) is 24.3 Å². The fourth-order valence-electron chi connectivity index (χ4n) is 3.18. The van der Waals surface area contributed by atoms with Gasteiger partial charge < -0.3 is 25.0 Å². The fraction of sp³-hybridized carbons (Fsp3) is 0.588. The van der Waals surface area contributed by atoms with Crippen LogP contribution in [0.3, 0.4) is 0 Å². The Morgan fingerprint density at radius 1 is 1.39 bits per heavy atom. The smallest absolute Gasteiger partial charge is 0.318 e. The minimum atomic E-state index is -0.0498. The van der Waals surface area contributed by atoms with E-state index in [-0.39, 0.29) is 18.1 Å². The third-order valence-electron chi connectivity index (χ3n) is 4.51. The fourth-order valence-corrected chi connectivity index (χ4v) is 3.18. The molecule has 1 aromatic rings. The Labute approximate surface area is 137 Å². The van der Waals surface area contributed by atoms with E-state index in [0.29, 0.717) is 19.8 Å². The number of carbonyl (C=O) groups is 1. The molecule has 2 aliphatic heterocycles. The van der Waals surface area contributed by atoms with Crippen LogP contribution >= 0.6 is 0 Å². The monoisotopic (exact) mass is 319 g/mol. The summed E-state index contributed by atoms with van der Waals surface area (Å²) in [6.07, 6.45) is 2.15. The number of hydrogen-bond acceptors (Lipinski definition) is 4. The van der Waals surface area contributed by atoms with E-state index in [2.05, 4.69) is 10.6 Å². The lowest BCUT2D eigenvalue weighted by atomic mass is 10.0. The van der Waals surface area contributed by atoms with Crippen molar-refractivity contribution in [1.29, 1.82) is 0 Å². The van der Waals surface area contributed by atoms with Crippen molar-refractivity contribution < 1.29 is 14.3 Å². The summed E-state index contributed by atoms with van der Waals surface area (Å²) in [5, 5.41) is 6.48. The number of rotatable bonds is 3. The molecule has 2 heterocycles. The molecule has 2 N–H and O–H groups in total. The SMILES string of the molecule is COc1ccc(C2COCCN2C(=O)N[C@@H]2CCCNC2)cc1. The number of morpholine rings is 1. The molecule has 0 aromatic heterocycles. The lowest BCUT2D eigenvalue weighted by molar-refractivity contribution is 0.0109. The number of nitrogens with zero attached hydrogens (tertiary/aromatic N) is 1. The van der Waals surface area contributed by atoms with Crippen molar-refractivity contribution in [3.05, 3.63) is 29.8 Å². The molecule has 1 aromatic carbocycles. The van der Waals surface area contributed by atoms with Gasteiger partial charge in [0.15, 0.2) is 0 Å². The molecule has 3 rings (SSSR count). The molecule has 2 atom stereocenters. The molecule has 2 aliphatic rings. The number of piperidine rings is 1. The average molecular weight is 319 g/mol. The maximum absolute atomic E-state index is 12.7. The van der Waals surface area contributed by atoms with Gasteiger partial charge in [-0.15, -0.1) is 0 Å². The van der Waals surface area contributed by atoms with Crippen LogP contribution in [-0.4, -0.2) is 56.9 Å². The van der Waals surface area contributed by atoms with Gasteiger partial charge in [0, 0.05) is 19.1 Å². The minimum absolute atomic E-state index is 0.00261. The number of benzene rings is 1. The van der Waals surface area contributed by atoms with E-state index in [1.165, 1.54) is 0 Å². The van der Waals surface area contributed by atoms with Gasteiger partial charge in [0.05, 0.1) is 26.4 Å². The summed E-state index contributed by atoms with van der Waals surface area (Å²) < 4.78 is 10.8. The van der Waals surface area contributed by atoms with Crippen molar-refractivity contribution in [2.24, 2.45) is 0 Å². The van der Waals surface area contributed by atoms with Gasteiger partial charge in [-0.05, 0) is 37.1 Å². The molecule has 0 radical (unpaired) electrons. The Balaban J connectivity index is 1.68. The molecule has 2 saturated heterocycles. The second-order valence-corrected chi connectivity index (χ2v) is 6.05. The quantitative estimate of drug-likeness (QED) is 0.887. The Kier molecular flexibility index (Phi) is 5.35. The van der Waals surface area contributed by atoms with Crippen LogP contribution in [0.2, 0.25) is 0 Å². The Hall–Kier alpha value is -1.79. The third kappa shape index (κ3) is 3.95. The Bertz CT molecular complexity index is 514. The van der Waals surface area contributed by atoms with Crippen molar-refractivity contribution in [2.75, 3.05) is 40.0 Å². The van der Waals surface area contributed by atoms with Crippen molar-refractivity contribution in [2.45, 2.75) is 24.9 Å². The first-order chi connectivity index (χ1) is 11.3. The second-order valence-electron chi connectivity index (χ2n) is 6.05. The summed E-state index contributed by atoms with van der Waals surface area (Å²) in [5.41, 5.74) is 1.07. The first-order valence-corrected chi connectivity index (χ1v) is 8.27. The van der Waals surface area contributed by atoms with Crippen LogP contribution in [-0.2, 0) is 4.74 Å². The van der Waals surface area contributed by atoms with E-state index in [1.807, 2.05) is 29.2 Å². The van der Waals surface area contributed by atoms with Gasteiger partial charge in [0.1, 0.15) is 5.75 Å². The summed E-state index contributed by atoms with van der Waals surface area (Å²) in [5.74, 6) is 0.815. The molecule has 6 heteroatoms. The first-order valence-electron chi connectivity index (χ1n) is 8.27. The molecule has 6 nitrogen and oxygen atoms in total. The zero-order valence-electron chi connectivity index (χ0n) is 13.6. The molecule has 0 spiro atoms. The summed E-state index contributed by atoms with van der Waals surface area (Å²) >= 11 is 0. The predicted octanol–water partition coefficient (Wildman–Crippen LogP) is 1.53. The molecule has 0 aliphatic carbocycles. The van der Waals surface area contributed by atoms with Gasteiger partial charge in [-0.3, -0.25) is 0 Å². The number of urea groups is 1. The summed E-state index contributed by atoms with van der Waals surface area (Å²) in [6, 6.07) is 8.02. The number of carbonyl (C=O) groups excluding carboxylic acids is 1. The molecule has 0 saturated carbocycles. The average Bonchev–Trinajstić information content (AvgIpc) is 2.62. The molecule has 23 heavy (non-hydrogen) atoms. The normalized spacial score (nSPS) is 25.0. The van der Waals surface area contributed by atoms with Crippen LogP contribution in [0.25, 0.3) is 0 Å². The van der Waals surface area contributed by atoms with Crippen LogP contribution in [0.5, 0.6) is 5.75 Å². The first kappa shape index (κ1) is 16.1. The lowest BCUT2D eigenvalue weighted by Crippen LogP contribution is -2.53. The Morgan fingerprint density at radius 3 is 2.91 bits per heavy atom. The van der Waals surface area contributed by atoms with Crippen LogP contribution in [0, 0.1) is 0 Å². The number of methoxy groups -OCH3 is 1. The molecule has 126 valence electrons. The van der Waals surface area contributed by atoms with E-state index >= 15 is 0 Å². The summed E-state index contributed by atoms with van der Waals surface area (Å²) in [7, 11) is 1.65. The van der Waals surface area contributed by atoms with Gasteiger partial charge in [0.25, 0.3) is 0 Å². The van der Waals surface area contributed by atoms with Gasteiger partial charge in [-0.1, -0.05) is 12.1 Å². The minimum Gasteiger partial charge on any atom is -0.497 e. The zero-order valence-corrected chi connectivity index (χ0v) is 13.6. The van der Waals surface area contributed by atoms with E-state index in [1.54, 1.807) is 7.11 Å². The van der Waals surface area contributed by atoms with Crippen LogP contribution < -0.4 is 15.4 Å². The predicted molar refractivity (Wildman–Crippen MR) is 87.7 cm³/mol. The number of nitrogens with one attached hydrogen (secondary N) is 2. The van der Waals surface area contributed by atoms with Crippen molar-refractivity contribution in [3.8, 4) is 5.75 Å². The Morgan fingerprint density at radius 2 is 2.22 bits per heavy atom. The van der Waals surface area contributed by atoms with E-state index in [9.17, 15) is 4.79 Å². The van der Waals surface area contributed by atoms with Crippen LogP contribution in [0.1, 0.15) is 24.4 Å². The second kappa shape index (κ2) is 7.66. The highest BCUT2D eigenvalue weighted by Crippen LogP contribution is 2.26. The van der Waals surface area contributed by atoms with Crippen molar-refractivity contribution in [3.63, 3.8) is 0 Å². The lowest BCUT2D eigenvalue weighted by Gasteiger charge is -2.37. The van der Waals surface area contributed by atoms with Crippen molar-refractivity contribution in [1.82, 2.24) is 15.5 Å². The van der Waals surface area contributed by atoms with E-state index in [4.69, 9.17) is 9.47 Å². The van der Waals surface area contributed by atoms with Gasteiger partial charge in [0.2, 0.25) is 0 Å². The highest BCUT2D eigenvalue weighted by molar-refractivity contribution is 5.75.